The highest BCUT2D eigenvalue weighted by Gasteiger charge is 2.39. The number of aliphatic hydroxyl groups is 1. The summed E-state index contributed by atoms with van der Waals surface area (Å²) in [7, 11) is 0. The third-order valence-electron chi connectivity index (χ3n) is 4.46. The summed E-state index contributed by atoms with van der Waals surface area (Å²) in [5.41, 5.74) is -0.0149. The summed E-state index contributed by atoms with van der Waals surface area (Å²) in [6, 6.07) is 0. The van der Waals surface area contributed by atoms with E-state index in [0.29, 0.717) is 6.54 Å². The van der Waals surface area contributed by atoms with E-state index in [4.69, 9.17) is 5.11 Å². The number of amides is 1. The quantitative estimate of drug-likeness (QED) is 0.735. The van der Waals surface area contributed by atoms with E-state index in [-0.39, 0.29) is 23.3 Å². The van der Waals surface area contributed by atoms with Gasteiger partial charge in [-0.1, -0.05) is 33.6 Å². The van der Waals surface area contributed by atoms with Crippen LogP contribution >= 0.6 is 0 Å². The second-order valence-corrected chi connectivity index (χ2v) is 6.52. The monoisotopic (exact) mass is 255 g/mol. The molecule has 0 heterocycles. The van der Waals surface area contributed by atoms with Crippen LogP contribution in [-0.4, -0.2) is 24.2 Å². The molecule has 1 saturated carbocycles. The first kappa shape index (κ1) is 15.5. The molecule has 1 fully saturated rings. The summed E-state index contributed by atoms with van der Waals surface area (Å²) < 4.78 is 0. The lowest BCUT2D eigenvalue weighted by Crippen LogP contribution is -2.43. The van der Waals surface area contributed by atoms with Gasteiger partial charge in [0.05, 0.1) is 0 Å². The standard InChI is InChI=1S/C15H29NO2/c1-4-15(9-5-6-10-15)13(18)16-12-14(2,3)8-7-11-17/h17H,4-12H2,1-3H3,(H,16,18). The number of nitrogens with one attached hydrogen (secondary N) is 1. The number of hydrogen-bond donors (Lipinski definition) is 2. The molecule has 3 nitrogen and oxygen atoms in total. The first-order chi connectivity index (χ1) is 8.46. The zero-order chi connectivity index (χ0) is 13.6. The van der Waals surface area contributed by atoms with Gasteiger partial charge in [-0.2, -0.15) is 0 Å². The molecule has 1 aliphatic carbocycles. The van der Waals surface area contributed by atoms with Crippen LogP contribution < -0.4 is 5.32 Å². The van der Waals surface area contributed by atoms with Gasteiger partial charge in [0.15, 0.2) is 0 Å². The molecular weight excluding hydrogens is 226 g/mol. The van der Waals surface area contributed by atoms with Gasteiger partial charge in [0.1, 0.15) is 0 Å². The Morgan fingerprint density at radius 2 is 1.94 bits per heavy atom. The van der Waals surface area contributed by atoms with Crippen molar-refractivity contribution < 1.29 is 9.90 Å². The molecule has 3 heteroatoms. The molecule has 0 unspecified atom stereocenters. The molecule has 18 heavy (non-hydrogen) atoms. The van der Waals surface area contributed by atoms with Crippen LogP contribution in [-0.2, 0) is 4.79 Å². The van der Waals surface area contributed by atoms with Gasteiger partial charge in [0, 0.05) is 18.6 Å². The van der Waals surface area contributed by atoms with E-state index < -0.39 is 0 Å². The van der Waals surface area contributed by atoms with Gasteiger partial charge in [-0.05, 0) is 37.5 Å². The molecule has 106 valence electrons. The largest absolute Gasteiger partial charge is 0.396 e. The molecule has 0 aromatic heterocycles. The summed E-state index contributed by atoms with van der Waals surface area (Å²) in [6.45, 7) is 7.37. The SMILES string of the molecule is CCC1(C(=O)NCC(C)(C)CCCO)CCCC1. The fraction of sp³-hybridized carbons (Fsp3) is 0.933. The number of carbonyl (C=O) groups is 1. The zero-order valence-electron chi connectivity index (χ0n) is 12.2. The van der Waals surface area contributed by atoms with E-state index >= 15 is 0 Å². The van der Waals surface area contributed by atoms with Crippen LogP contribution in [0, 0.1) is 10.8 Å². The fourth-order valence-corrected chi connectivity index (χ4v) is 2.95. The van der Waals surface area contributed by atoms with Gasteiger partial charge in [-0.15, -0.1) is 0 Å². The predicted molar refractivity (Wildman–Crippen MR) is 74.3 cm³/mol. The van der Waals surface area contributed by atoms with Crippen LogP contribution in [0.4, 0.5) is 0 Å². The molecular formula is C15H29NO2. The van der Waals surface area contributed by atoms with E-state index in [1.807, 2.05) is 0 Å². The predicted octanol–water partition coefficient (Wildman–Crippen LogP) is 2.87. The minimum atomic E-state index is -0.0902. The van der Waals surface area contributed by atoms with Crippen molar-refractivity contribution >= 4 is 5.91 Å². The van der Waals surface area contributed by atoms with Crippen LogP contribution in [0.15, 0.2) is 0 Å². The Hall–Kier alpha value is -0.570. The van der Waals surface area contributed by atoms with Crippen molar-refractivity contribution in [3.8, 4) is 0 Å². The summed E-state index contributed by atoms with van der Waals surface area (Å²) in [5.74, 6) is 0.250. The van der Waals surface area contributed by atoms with E-state index in [1.165, 1.54) is 12.8 Å². The van der Waals surface area contributed by atoms with E-state index in [9.17, 15) is 4.79 Å². The molecule has 0 saturated heterocycles. The lowest BCUT2D eigenvalue weighted by molar-refractivity contribution is -0.131. The molecule has 0 spiro atoms. The van der Waals surface area contributed by atoms with Gasteiger partial charge in [-0.3, -0.25) is 4.79 Å². The fourth-order valence-electron chi connectivity index (χ4n) is 2.95. The Bertz CT molecular complexity index is 268. The lowest BCUT2D eigenvalue weighted by atomic mass is 9.81. The maximum Gasteiger partial charge on any atom is 0.226 e. The van der Waals surface area contributed by atoms with Crippen LogP contribution in [0.2, 0.25) is 0 Å². The first-order valence-electron chi connectivity index (χ1n) is 7.35. The van der Waals surface area contributed by atoms with E-state index in [2.05, 4.69) is 26.1 Å². The molecule has 1 amide bonds. The Morgan fingerprint density at radius 1 is 1.33 bits per heavy atom. The molecule has 0 bridgehead atoms. The number of aliphatic hydroxyl groups excluding tert-OH is 1. The molecule has 2 N–H and O–H groups in total. The highest BCUT2D eigenvalue weighted by molar-refractivity contribution is 5.82. The molecule has 0 aliphatic heterocycles. The number of rotatable bonds is 7. The van der Waals surface area contributed by atoms with Crippen molar-refractivity contribution in [1.82, 2.24) is 5.32 Å². The Morgan fingerprint density at radius 3 is 2.44 bits per heavy atom. The minimum Gasteiger partial charge on any atom is -0.396 e. The normalized spacial score (nSPS) is 18.9. The van der Waals surface area contributed by atoms with Crippen LogP contribution in [0.1, 0.15) is 65.7 Å². The Labute approximate surface area is 111 Å². The Kier molecular flexibility index (Phi) is 5.64. The highest BCUT2D eigenvalue weighted by Crippen LogP contribution is 2.41. The molecule has 1 aliphatic rings. The smallest absolute Gasteiger partial charge is 0.226 e. The number of carbonyl (C=O) groups excluding carboxylic acids is 1. The maximum absolute atomic E-state index is 12.4. The average molecular weight is 255 g/mol. The van der Waals surface area contributed by atoms with Crippen molar-refractivity contribution in [2.24, 2.45) is 10.8 Å². The van der Waals surface area contributed by atoms with Gasteiger partial charge >= 0.3 is 0 Å². The van der Waals surface area contributed by atoms with Crippen LogP contribution in [0.3, 0.4) is 0 Å². The van der Waals surface area contributed by atoms with Crippen molar-refractivity contribution in [3.05, 3.63) is 0 Å². The third kappa shape index (κ3) is 3.98. The maximum atomic E-state index is 12.4. The number of hydrogen-bond acceptors (Lipinski definition) is 2. The highest BCUT2D eigenvalue weighted by atomic mass is 16.2. The van der Waals surface area contributed by atoms with Crippen molar-refractivity contribution in [2.75, 3.05) is 13.2 Å². The second-order valence-electron chi connectivity index (χ2n) is 6.52. The molecule has 0 atom stereocenters. The molecule has 0 aromatic rings. The minimum absolute atomic E-state index is 0.0753. The van der Waals surface area contributed by atoms with Crippen molar-refractivity contribution in [1.29, 1.82) is 0 Å². The molecule has 0 aromatic carbocycles. The second kappa shape index (κ2) is 6.55. The van der Waals surface area contributed by atoms with Gasteiger partial charge in [-0.25, -0.2) is 0 Å². The van der Waals surface area contributed by atoms with E-state index in [0.717, 1.165) is 32.1 Å². The van der Waals surface area contributed by atoms with Gasteiger partial charge in [0.2, 0.25) is 5.91 Å². The molecule has 1 rings (SSSR count). The summed E-state index contributed by atoms with van der Waals surface area (Å²) in [5, 5.41) is 12.0. The van der Waals surface area contributed by atoms with Crippen molar-refractivity contribution in [3.63, 3.8) is 0 Å². The van der Waals surface area contributed by atoms with E-state index in [1.54, 1.807) is 0 Å². The van der Waals surface area contributed by atoms with Crippen molar-refractivity contribution in [2.45, 2.75) is 65.7 Å². The van der Waals surface area contributed by atoms with Crippen LogP contribution in [0.5, 0.6) is 0 Å². The Balaban J connectivity index is 2.44. The average Bonchev–Trinajstić information content (AvgIpc) is 2.83. The summed E-state index contributed by atoms with van der Waals surface area (Å²) >= 11 is 0. The summed E-state index contributed by atoms with van der Waals surface area (Å²) in [4.78, 5) is 12.4. The summed E-state index contributed by atoms with van der Waals surface area (Å²) in [6.07, 6.45) is 7.18. The molecule has 0 radical (unpaired) electrons. The van der Waals surface area contributed by atoms with Crippen LogP contribution in [0.25, 0.3) is 0 Å². The topological polar surface area (TPSA) is 49.3 Å². The zero-order valence-corrected chi connectivity index (χ0v) is 12.2. The first-order valence-corrected chi connectivity index (χ1v) is 7.35. The van der Waals surface area contributed by atoms with Gasteiger partial charge < -0.3 is 10.4 Å². The third-order valence-corrected chi connectivity index (χ3v) is 4.46. The lowest BCUT2D eigenvalue weighted by Gasteiger charge is -2.30. The van der Waals surface area contributed by atoms with Gasteiger partial charge in [0.25, 0.3) is 0 Å².